The second-order valence-electron chi connectivity index (χ2n) is 3.94. The van der Waals surface area contributed by atoms with Gasteiger partial charge in [-0.2, -0.15) is 0 Å². The Morgan fingerprint density at radius 1 is 1.41 bits per heavy atom. The molecule has 0 spiro atoms. The standard InChI is InChI=1S/C12H14N2O3/c13-12(16)10-7-17-8-11(15)14(10)6-9-4-2-1-3-5-9/h1-5,10H,6-8H2,(H2,13,16)/t10-/m1/s1. The number of amides is 2. The quantitative estimate of drug-likeness (QED) is 0.793. The Bertz CT molecular complexity index is 419. The summed E-state index contributed by atoms with van der Waals surface area (Å²) in [6.45, 7) is 0.571. The van der Waals surface area contributed by atoms with Gasteiger partial charge in [0, 0.05) is 6.54 Å². The highest BCUT2D eigenvalue weighted by Crippen LogP contribution is 2.13. The lowest BCUT2D eigenvalue weighted by molar-refractivity contribution is -0.154. The van der Waals surface area contributed by atoms with Gasteiger partial charge < -0.3 is 15.4 Å². The normalized spacial score (nSPS) is 20.4. The fourth-order valence-corrected chi connectivity index (χ4v) is 1.82. The Morgan fingerprint density at radius 3 is 2.76 bits per heavy atom. The van der Waals surface area contributed by atoms with Gasteiger partial charge in [0.15, 0.2) is 0 Å². The first-order chi connectivity index (χ1) is 8.18. The van der Waals surface area contributed by atoms with Gasteiger partial charge in [-0.3, -0.25) is 9.59 Å². The molecule has 1 aromatic rings. The molecule has 5 nitrogen and oxygen atoms in total. The van der Waals surface area contributed by atoms with Crippen LogP contribution in [0.1, 0.15) is 5.56 Å². The maximum Gasteiger partial charge on any atom is 0.249 e. The van der Waals surface area contributed by atoms with Crippen molar-refractivity contribution in [2.24, 2.45) is 5.73 Å². The molecular formula is C12H14N2O3. The van der Waals surface area contributed by atoms with Gasteiger partial charge in [0.05, 0.1) is 6.61 Å². The summed E-state index contributed by atoms with van der Waals surface area (Å²) in [5.74, 6) is -0.738. The predicted molar refractivity (Wildman–Crippen MR) is 60.8 cm³/mol. The van der Waals surface area contributed by atoms with Gasteiger partial charge in [0.1, 0.15) is 12.6 Å². The number of nitrogens with zero attached hydrogens (tertiary/aromatic N) is 1. The smallest absolute Gasteiger partial charge is 0.249 e. The van der Waals surface area contributed by atoms with Crippen LogP contribution in [0.15, 0.2) is 30.3 Å². The first-order valence-corrected chi connectivity index (χ1v) is 5.39. The molecule has 0 bridgehead atoms. The first-order valence-electron chi connectivity index (χ1n) is 5.39. The number of nitrogens with two attached hydrogens (primary N) is 1. The lowest BCUT2D eigenvalue weighted by Gasteiger charge is -2.33. The topological polar surface area (TPSA) is 72.6 Å². The van der Waals surface area contributed by atoms with Crippen LogP contribution in [0, 0.1) is 0 Å². The van der Waals surface area contributed by atoms with Crippen LogP contribution in [-0.2, 0) is 20.9 Å². The van der Waals surface area contributed by atoms with Crippen LogP contribution < -0.4 is 5.73 Å². The van der Waals surface area contributed by atoms with Crippen LogP contribution in [0.3, 0.4) is 0 Å². The van der Waals surface area contributed by atoms with Crippen LogP contribution in [0.2, 0.25) is 0 Å². The maximum atomic E-state index is 11.7. The molecule has 17 heavy (non-hydrogen) atoms. The summed E-state index contributed by atoms with van der Waals surface area (Å²) in [6, 6.07) is 8.81. The Kier molecular flexibility index (Phi) is 3.39. The average molecular weight is 234 g/mol. The molecule has 0 radical (unpaired) electrons. The molecule has 1 aliphatic rings. The molecule has 1 aromatic carbocycles. The number of morpholine rings is 1. The zero-order valence-electron chi connectivity index (χ0n) is 9.33. The zero-order valence-corrected chi connectivity index (χ0v) is 9.33. The number of carbonyl (C=O) groups is 2. The fraction of sp³-hybridized carbons (Fsp3) is 0.333. The summed E-state index contributed by atoms with van der Waals surface area (Å²) in [4.78, 5) is 24.4. The van der Waals surface area contributed by atoms with Gasteiger partial charge in [0.25, 0.3) is 0 Å². The monoisotopic (exact) mass is 234 g/mol. The number of rotatable bonds is 3. The molecule has 1 fully saturated rings. The second-order valence-corrected chi connectivity index (χ2v) is 3.94. The summed E-state index contributed by atoms with van der Waals surface area (Å²) in [7, 11) is 0. The SMILES string of the molecule is NC(=O)[C@H]1COCC(=O)N1Cc1ccccc1. The van der Waals surface area contributed by atoms with E-state index in [1.54, 1.807) is 0 Å². The minimum atomic E-state index is -0.670. The van der Waals surface area contributed by atoms with Crippen molar-refractivity contribution in [1.82, 2.24) is 4.90 Å². The molecular weight excluding hydrogens is 220 g/mol. The molecule has 0 unspecified atom stereocenters. The van der Waals surface area contributed by atoms with Crippen LogP contribution in [0.4, 0.5) is 0 Å². The van der Waals surface area contributed by atoms with Crippen molar-refractivity contribution >= 4 is 11.8 Å². The number of ether oxygens (including phenoxy) is 1. The molecule has 90 valence electrons. The van der Waals surface area contributed by atoms with Crippen LogP contribution in [0.25, 0.3) is 0 Å². The van der Waals surface area contributed by atoms with E-state index < -0.39 is 11.9 Å². The van der Waals surface area contributed by atoms with Crippen LogP contribution >= 0.6 is 0 Å². The van der Waals surface area contributed by atoms with Gasteiger partial charge in [-0.25, -0.2) is 0 Å². The molecule has 2 amide bonds. The Morgan fingerprint density at radius 2 is 2.12 bits per heavy atom. The van der Waals surface area contributed by atoms with E-state index in [0.717, 1.165) is 5.56 Å². The van der Waals surface area contributed by atoms with E-state index in [2.05, 4.69) is 0 Å². The van der Waals surface area contributed by atoms with E-state index in [1.807, 2.05) is 30.3 Å². The Labute approximate surface area is 99.2 Å². The summed E-state index contributed by atoms with van der Waals surface area (Å²) in [5, 5.41) is 0. The third-order valence-electron chi connectivity index (χ3n) is 2.72. The molecule has 0 saturated carbocycles. The number of primary amides is 1. The van der Waals surface area contributed by atoms with Gasteiger partial charge in [-0.05, 0) is 5.56 Å². The van der Waals surface area contributed by atoms with Crippen molar-refractivity contribution in [1.29, 1.82) is 0 Å². The molecule has 5 heteroatoms. The summed E-state index contributed by atoms with van der Waals surface area (Å²) in [6.07, 6.45) is 0. The van der Waals surface area contributed by atoms with E-state index in [1.165, 1.54) is 4.90 Å². The number of hydrogen-bond donors (Lipinski definition) is 1. The molecule has 1 aliphatic heterocycles. The van der Waals surface area contributed by atoms with E-state index in [9.17, 15) is 9.59 Å². The first kappa shape index (κ1) is 11.6. The van der Waals surface area contributed by atoms with E-state index in [-0.39, 0.29) is 19.1 Å². The molecule has 1 saturated heterocycles. The van der Waals surface area contributed by atoms with Crippen molar-refractivity contribution in [2.75, 3.05) is 13.2 Å². The highest BCUT2D eigenvalue weighted by atomic mass is 16.5. The third-order valence-corrected chi connectivity index (χ3v) is 2.72. The molecule has 2 N–H and O–H groups in total. The van der Waals surface area contributed by atoms with E-state index in [4.69, 9.17) is 10.5 Å². The zero-order chi connectivity index (χ0) is 12.3. The second kappa shape index (κ2) is 4.97. The maximum absolute atomic E-state index is 11.7. The van der Waals surface area contributed by atoms with Crippen molar-refractivity contribution in [3.63, 3.8) is 0 Å². The fourth-order valence-electron chi connectivity index (χ4n) is 1.82. The molecule has 2 rings (SSSR count). The van der Waals surface area contributed by atoms with Crippen molar-refractivity contribution < 1.29 is 14.3 Å². The molecule has 0 aliphatic carbocycles. The number of carbonyl (C=O) groups excluding carboxylic acids is 2. The van der Waals surface area contributed by atoms with Crippen molar-refractivity contribution in [2.45, 2.75) is 12.6 Å². The number of benzene rings is 1. The third kappa shape index (κ3) is 2.62. The summed E-state index contributed by atoms with van der Waals surface area (Å²) < 4.78 is 5.03. The van der Waals surface area contributed by atoms with Crippen LogP contribution in [-0.4, -0.2) is 36.0 Å². The highest BCUT2D eigenvalue weighted by molar-refractivity contribution is 5.88. The largest absolute Gasteiger partial charge is 0.369 e. The Balaban J connectivity index is 2.15. The Hall–Kier alpha value is -1.88. The van der Waals surface area contributed by atoms with E-state index >= 15 is 0 Å². The number of hydrogen-bond acceptors (Lipinski definition) is 3. The minimum Gasteiger partial charge on any atom is -0.369 e. The van der Waals surface area contributed by atoms with Crippen molar-refractivity contribution in [3.8, 4) is 0 Å². The van der Waals surface area contributed by atoms with Gasteiger partial charge in [-0.15, -0.1) is 0 Å². The van der Waals surface area contributed by atoms with E-state index in [0.29, 0.717) is 6.54 Å². The molecule has 0 aromatic heterocycles. The molecule has 1 atom stereocenters. The van der Waals surface area contributed by atoms with Crippen LogP contribution in [0.5, 0.6) is 0 Å². The molecule has 1 heterocycles. The van der Waals surface area contributed by atoms with Crippen molar-refractivity contribution in [3.05, 3.63) is 35.9 Å². The van der Waals surface area contributed by atoms with Gasteiger partial charge in [-0.1, -0.05) is 30.3 Å². The predicted octanol–water partition coefficient (Wildman–Crippen LogP) is -0.101. The summed E-state index contributed by atoms with van der Waals surface area (Å²) in [5.41, 5.74) is 6.23. The van der Waals surface area contributed by atoms with Gasteiger partial charge in [0.2, 0.25) is 11.8 Å². The summed E-state index contributed by atoms with van der Waals surface area (Å²) >= 11 is 0. The average Bonchev–Trinajstić information content (AvgIpc) is 2.33. The van der Waals surface area contributed by atoms with Gasteiger partial charge >= 0.3 is 0 Å². The lowest BCUT2D eigenvalue weighted by atomic mass is 10.1. The minimum absolute atomic E-state index is 0.0105. The lowest BCUT2D eigenvalue weighted by Crippen LogP contribution is -2.54. The highest BCUT2D eigenvalue weighted by Gasteiger charge is 2.32.